The summed E-state index contributed by atoms with van der Waals surface area (Å²) in [7, 11) is 0. The quantitative estimate of drug-likeness (QED) is 0.484. The highest BCUT2D eigenvalue weighted by Gasteiger charge is 2.01. The van der Waals surface area contributed by atoms with E-state index in [1.54, 1.807) is 0 Å². The smallest absolute Gasteiger partial charge is 0.168 e. The van der Waals surface area contributed by atoms with Crippen LogP contribution in [-0.4, -0.2) is 28.2 Å². The topological polar surface area (TPSA) is 87.0 Å². The van der Waals surface area contributed by atoms with Gasteiger partial charge >= 0.3 is 0 Å². The highest BCUT2D eigenvalue weighted by molar-refractivity contribution is 5.56. The van der Waals surface area contributed by atoms with Crippen molar-refractivity contribution in [3.63, 3.8) is 0 Å². The van der Waals surface area contributed by atoms with Gasteiger partial charge in [-0.25, -0.2) is 4.98 Å². The molecule has 62 valence electrons. The van der Waals surface area contributed by atoms with E-state index in [0.29, 0.717) is 18.2 Å². The summed E-state index contributed by atoms with van der Waals surface area (Å²) in [5, 5.41) is 11.4. The molecule has 0 atom stereocenters. The Morgan fingerprint density at radius 3 is 2.91 bits per heavy atom. The summed E-state index contributed by atoms with van der Waals surface area (Å²) in [5.41, 5.74) is 5.52. The second kappa shape index (κ2) is 3.25. The van der Waals surface area contributed by atoms with Crippen molar-refractivity contribution in [2.24, 2.45) is 0 Å². The van der Waals surface area contributed by atoms with Gasteiger partial charge in [0.2, 0.25) is 0 Å². The zero-order chi connectivity index (χ0) is 8.27. The molecule has 1 heterocycles. The van der Waals surface area contributed by atoms with Gasteiger partial charge in [0, 0.05) is 6.54 Å². The number of nitrogens with one attached hydrogen (secondary N) is 2. The SMILES string of the molecule is Cc1nc(NCCO)c(N)[nH]1. The summed E-state index contributed by atoms with van der Waals surface area (Å²) in [6, 6.07) is 0. The van der Waals surface area contributed by atoms with Crippen molar-refractivity contribution in [2.75, 3.05) is 24.2 Å². The van der Waals surface area contributed by atoms with Crippen molar-refractivity contribution in [2.45, 2.75) is 6.92 Å². The second-order valence-electron chi connectivity index (χ2n) is 2.23. The highest BCUT2D eigenvalue weighted by Crippen LogP contribution is 2.12. The number of H-pyrrole nitrogens is 1. The Morgan fingerprint density at radius 2 is 2.45 bits per heavy atom. The first-order chi connectivity index (χ1) is 5.24. The molecule has 0 saturated heterocycles. The van der Waals surface area contributed by atoms with E-state index in [9.17, 15) is 0 Å². The standard InChI is InChI=1S/C6H12N4O/c1-4-9-5(7)6(10-4)8-2-3-11/h8,11H,2-3,7H2,1H3,(H,9,10). The molecular formula is C6H12N4O. The average molecular weight is 156 g/mol. The Balaban J connectivity index is 2.62. The van der Waals surface area contributed by atoms with Crippen LogP contribution in [0, 0.1) is 6.92 Å². The molecule has 0 aliphatic rings. The largest absolute Gasteiger partial charge is 0.395 e. The summed E-state index contributed by atoms with van der Waals surface area (Å²) in [5.74, 6) is 1.88. The number of anilines is 2. The minimum absolute atomic E-state index is 0.0747. The summed E-state index contributed by atoms with van der Waals surface area (Å²) >= 11 is 0. The van der Waals surface area contributed by atoms with Crippen LogP contribution in [0.3, 0.4) is 0 Å². The van der Waals surface area contributed by atoms with E-state index in [2.05, 4.69) is 15.3 Å². The lowest BCUT2D eigenvalue weighted by Crippen LogP contribution is -2.07. The second-order valence-corrected chi connectivity index (χ2v) is 2.23. The van der Waals surface area contributed by atoms with Crippen LogP contribution in [0.1, 0.15) is 5.82 Å². The number of nitrogen functional groups attached to an aromatic ring is 1. The summed E-state index contributed by atoms with van der Waals surface area (Å²) < 4.78 is 0. The Hall–Kier alpha value is -1.23. The van der Waals surface area contributed by atoms with Crippen molar-refractivity contribution in [1.29, 1.82) is 0 Å². The zero-order valence-electron chi connectivity index (χ0n) is 6.39. The maximum absolute atomic E-state index is 8.48. The van der Waals surface area contributed by atoms with Crippen LogP contribution in [0.2, 0.25) is 0 Å². The van der Waals surface area contributed by atoms with Crippen LogP contribution in [-0.2, 0) is 0 Å². The summed E-state index contributed by atoms with van der Waals surface area (Å²) in [4.78, 5) is 6.88. The average Bonchev–Trinajstić information content (AvgIpc) is 2.26. The van der Waals surface area contributed by atoms with E-state index in [0.717, 1.165) is 5.82 Å². The van der Waals surface area contributed by atoms with Crippen LogP contribution in [0.15, 0.2) is 0 Å². The third kappa shape index (κ3) is 1.84. The number of imidazole rings is 1. The van der Waals surface area contributed by atoms with Gasteiger partial charge in [0.25, 0.3) is 0 Å². The van der Waals surface area contributed by atoms with E-state index in [-0.39, 0.29) is 6.61 Å². The molecule has 11 heavy (non-hydrogen) atoms. The normalized spacial score (nSPS) is 10.0. The van der Waals surface area contributed by atoms with Crippen molar-refractivity contribution >= 4 is 11.6 Å². The van der Waals surface area contributed by atoms with Gasteiger partial charge < -0.3 is 21.1 Å². The third-order valence-corrected chi connectivity index (χ3v) is 1.25. The number of aliphatic hydroxyl groups is 1. The van der Waals surface area contributed by atoms with Crippen molar-refractivity contribution in [3.8, 4) is 0 Å². The Kier molecular flexibility index (Phi) is 2.32. The molecule has 0 amide bonds. The molecule has 0 bridgehead atoms. The van der Waals surface area contributed by atoms with Gasteiger partial charge in [-0.15, -0.1) is 0 Å². The number of aromatic nitrogens is 2. The molecule has 0 aliphatic carbocycles. The maximum atomic E-state index is 8.48. The Labute approximate surface area is 64.6 Å². The van der Waals surface area contributed by atoms with Gasteiger partial charge in [0.1, 0.15) is 11.6 Å². The molecule has 1 aromatic heterocycles. The monoisotopic (exact) mass is 156 g/mol. The van der Waals surface area contributed by atoms with Crippen molar-refractivity contribution in [1.82, 2.24) is 9.97 Å². The molecule has 0 saturated carbocycles. The van der Waals surface area contributed by atoms with Gasteiger partial charge in [-0.2, -0.15) is 0 Å². The number of rotatable bonds is 3. The molecular weight excluding hydrogens is 144 g/mol. The minimum Gasteiger partial charge on any atom is -0.395 e. The lowest BCUT2D eigenvalue weighted by Gasteiger charge is -1.98. The molecule has 0 fully saturated rings. The first-order valence-corrected chi connectivity index (χ1v) is 3.41. The number of nitrogens with two attached hydrogens (primary N) is 1. The van der Waals surface area contributed by atoms with E-state index in [1.807, 2.05) is 6.92 Å². The Morgan fingerprint density at radius 1 is 1.73 bits per heavy atom. The fourth-order valence-corrected chi connectivity index (χ4v) is 0.819. The van der Waals surface area contributed by atoms with E-state index >= 15 is 0 Å². The number of aryl methyl sites for hydroxylation is 1. The van der Waals surface area contributed by atoms with Gasteiger partial charge in [-0.1, -0.05) is 0 Å². The molecule has 5 N–H and O–H groups in total. The van der Waals surface area contributed by atoms with Gasteiger partial charge in [-0.3, -0.25) is 0 Å². The van der Waals surface area contributed by atoms with Gasteiger partial charge in [0.15, 0.2) is 5.82 Å². The van der Waals surface area contributed by atoms with Crippen molar-refractivity contribution < 1.29 is 5.11 Å². The molecule has 1 aromatic rings. The molecule has 0 spiro atoms. The van der Waals surface area contributed by atoms with Crippen LogP contribution >= 0.6 is 0 Å². The predicted molar refractivity (Wildman–Crippen MR) is 43.3 cm³/mol. The first kappa shape index (κ1) is 7.87. The van der Waals surface area contributed by atoms with E-state index in [4.69, 9.17) is 10.8 Å². The lowest BCUT2D eigenvalue weighted by atomic mass is 10.6. The third-order valence-electron chi connectivity index (χ3n) is 1.25. The number of aliphatic hydroxyl groups excluding tert-OH is 1. The molecule has 0 aromatic carbocycles. The fraction of sp³-hybridized carbons (Fsp3) is 0.500. The van der Waals surface area contributed by atoms with Crippen LogP contribution in [0.5, 0.6) is 0 Å². The molecule has 0 aliphatic heterocycles. The molecule has 0 unspecified atom stereocenters. The summed E-state index contributed by atoms with van der Waals surface area (Å²) in [6.45, 7) is 2.36. The van der Waals surface area contributed by atoms with E-state index < -0.39 is 0 Å². The van der Waals surface area contributed by atoms with E-state index in [1.165, 1.54) is 0 Å². The number of aromatic amines is 1. The molecule has 5 heteroatoms. The van der Waals surface area contributed by atoms with Crippen LogP contribution in [0.25, 0.3) is 0 Å². The lowest BCUT2D eigenvalue weighted by molar-refractivity contribution is 0.311. The van der Waals surface area contributed by atoms with Crippen molar-refractivity contribution in [3.05, 3.63) is 5.82 Å². The predicted octanol–water partition coefficient (Wildman–Crippen LogP) is -0.295. The first-order valence-electron chi connectivity index (χ1n) is 3.41. The summed E-state index contributed by atoms with van der Waals surface area (Å²) in [6.07, 6.45) is 0. The van der Waals surface area contributed by atoms with Gasteiger partial charge in [0.05, 0.1) is 6.61 Å². The molecule has 1 rings (SSSR count). The number of nitrogens with zero attached hydrogens (tertiary/aromatic N) is 1. The van der Waals surface area contributed by atoms with Gasteiger partial charge in [-0.05, 0) is 6.92 Å². The fourth-order valence-electron chi connectivity index (χ4n) is 0.819. The number of hydrogen-bond donors (Lipinski definition) is 4. The Bertz CT molecular complexity index is 232. The van der Waals surface area contributed by atoms with Crippen LogP contribution < -0.4 is 11.1 Å². The minimum atomic E-state index is 0.0747. The van der Waals surface area contributed by atoms with Crippen LogP contribution in [0.4, 0.5) is 11.6 Å². The highest BCUT2D eigenvalue weighted by atomic mass is 16.3. The molecule has 5 nitrogen and oxygen atoms in total. The zero-order valence-corrected chi connectivity index (χ0v) is 6.39. The maximum Gasteiger partial charge on any atom is 0.168 e. The number of hydrogen-bond acceptors (Lipinski definition) is 4. The molecule has 0 radical (unpaired) electrons.